The molecule has 0 radical (unpaired) electrons. The lowest BCUT2D eigenvalue weighted by molar-refractivity contribution is 0.271. The summed E-state index contributed by atoms with van der Waals surface area (Å²) >= 11 is 1.77. The fraction of sp³-hybridized carbons (Fsp3) is 0.500. The average molecular weight is 375 g/mol. The molecule has 1 atom stereocenters. The van der Waals surface area contributed by atoms with Crippen LogP contribution in [0.15, 0.2) is 18.5 Å². The quantitative estimate of drug-likeness (QED) is 0.532. The molecule has 3 rings (SSSR count). The third-order valence-electron chi connectivity index (χ3n) is 4.20. The van der Waals surface area contributed by atoms with Crippen molar-refractivity contribution in [3.05, 3.63) is 28.2 Å². The Morgan fingerprint density at radius 2 is 2.12 bits per heavy atom. The first-order valence-corrected chi connectivity index (χ1v) is 9.85. The van der Waals surface area contributed by atoms with Gasteiger partial charge in [-0.2, -0.15) is 9.97 Å². The van der Waals surface area contributed by atoms with Gasteiger partial charge < -0.3 is 20.3 Å². The Balaban J connectivity index is 1.93. The van der Waals surface area contributed by atoms with Crippen molar-refractivity contribution in [2.24, 2.45) is 0 Å². The summed E-state index contributed by atoms with van der Waals surface area (Å²) in [6, 6.07) is 4.18. The maximum absolute atomic E-state index is 9.47. The number of fused-ring (bicyclic) bond motifs is 1. The van der Waals surface area contributed by atoms with Gasteiger partial charge >= 0.3 is 0 Å². The Kier molecular flexibility index (Phi) is 6.05. The number of rotatable bonds is 9. The van der Waals surface area contributed by atoms with Crippen molar-refractivity contribution < 1.29 is 5.11 Å². The van der Waals surface area contributed by atoms with Crippen LogP contribution in [0.2, 0.25) is 0 Å². The average Bonchev–Trinajstić information content (AvgIpc) is 3.24. The zero-order valence-electron chi connectivity index (χ0n) is 15.5. The number of thiophene rings is 1. The fourth-order valence-electron chi connectivity index (χ4n) is 2.75. The molecule has 3 N–H and O–H groups in total. The summed E-state index contributed by atoms with van der Waals surface area (Å²) < 4.78 is 2.04. The summed E-state index contributed by atoms with van der Waals surface area (Å²) in [6.07, 6.45) is 3.61. The Hall–Kier alpha value is -2.19. The highest BCUT2D eigenvalue weighted by Gasteiger charge is 2.15. The number of hydrogen-bond acceptors (Lipinski definition) is 7. The molecule has 8 heteroatoms. The lowest BCUT2D eigenvalue weighted by Crippen LogP contribution is -2.24. The van der Waals surface area contributed by atoms with Crippen molar-refractivity contribution in [2.45, 2.75) is 52.7 Å². The molecule has 0 saturated carbocycles. The third kappa shape index (κ3) is 4.13. The van der Waals surface area contributed by atoms with Gasteiger partial charge in [-0.25, -0.2) is 4.98 Å². The number of aryl methyl sites for hydroxylation is 2. The third-order valence-corrected chi connectivity index (χ3v) is 5.20. The zero-order valence-corrected chi connectivity index (χ0v) is 16.3. The summed E-state index contributed by atoms with van der Waals surface area (Å²) in [6.45, 7) is 7.85. The Labute approximate surface area is 157 Å². The molecule has 26 heavy (non-hydrogen) atoms. The molecule has 0 fully saturated rings. The summed E-state index contributed by atoms with van der Waals surface area (Å²) in [4.78, 5) is 16.3. The molecule has 7 nitrogen and oxygen atoms in total. The highest BCUT2D eigenvalue weighted by atomic mass is 32.1. The van der Waals surface area contributed by atoms with Crippen molar-refractivity contribution in [3.8, 4) is 0 Å². The predicted molar refractivity (Wildman–Crippen MR) is 107 cm³/mol. The van der Waals surface area contributed by atoms with Crippen LogP contribution in [0.25, 0.3) is 11.2 Å². The van der Waals surface area contributed by atoms with Crippen molar-refractivity contribution in [3.63, 3.8) is 0 Å². The summed E-state index contributed by atoms with van der Waals surface area (Å²) in [5, 5.41) is 16.1. The van der Waals surface area contributed by atoms with Gasteiger partial charge in [0.25, 0.3) is 0 Å². The first-order valence-electron chi connectivity index (χ1n) is 9.04. The lowest BCUT2D eigenvalue weighted by Gasteiger charge is -2.15. The maximum Gasteiger partial charge on any atom is 0.227 e. The molecule has 1 unspecified atom stereocenters. The molecular weight excluding hydrogens is 348 g/mol. The molecule has 3 aromatic heterocycles. The van der Waals surface area contributed by atoms with E-state index in [9.17, 15) is 5.11 Å². The number of nitrogens with one attached hydrogen (secondary N) is 2. The van der Waals surface area contributed by atoms with E-state index in [4.69, 9.17) is 0 Å². The molecule has 0 aromatic carbocycles. The highest BCUT2D eigenvalue weighted by Crippen LogP contribution is 2.23. The van der Waals surface area contributed by atoms with Crippen LogP contribution in [0.1, 0.15) is 36.4 Å². The molecule has 0 aliphatic rings. The fourth-order valence-corrected chi connectivity index (χ4v) is 3.58. The smallest absolute Gasteiger partial charge is 0.227 e. The number of aliphatic hydroxyl groups is 1. The first kappa shape index (κ1) is 18.6. The van der Waals surface area contributed by atoms with Crippen molar-refractivity contribution in [1.82, 2.24) is 19.5 Å². The van der Waals surface area contributed by atoms with Crippen molar-refractivity contribution in [1.29, 1.82) is 0 Å². The van der Waals surface area contributed by atoms with Gasteiger partial charge in [0, 0.05) is 16.3 Å². The van der Waals surface area contributed by atoms with E-state index in [1.165, 1.54) is 9.75 Å². The van der Waals surface area contributed by atoms with E-state index < -0.39 is 0 Å². The van der Waals surface area contributed by atoms with Crippen LogP contribution in [0.5, 0.6) is 0 Å². The lowest BCUT2D eigenvalue weighted by atomic mass is 10.2. The second kappa shape index (κ2) is 8.46. The standard InChI is InChI=1S/C18H26N6OS/c1-4-8-24-11-20-15-16(19-9-14-7-6-12(3)26-14)22-18(23-17(15)24)21-13(5-2)10-25/h6-7,11,13,25H,4-5,8-10H2,1-3H3,(H2,19,21,22,23). The van der Waals surface area contributed by atoms with E-state index in [1.54, 1.807) is 11.3 Å². The number of imidazole rings is 1. The van der Waals surface area contributed by atoms with E-state index in [-0.39, 0.29) is 12.6 Å². The van der Waals surface area contributed by atoms with Gasteiger partial charge in [0.15, 0.2) is 17.0 Å². The predicted octanol–water partition coefficient (Wildman–Crippen LogP) is 3.40. The first-order chi connectivity index (χ1) is 12.6. The van der Waals surface area contributed by atoms with Gasteiger partial charge in [-0.3, -0.25) is 0 Å². The van der Waals surface area contributed by atoms with Gasteiger partial charge in [-0.05, 0) is 31.9 Å². The summed E-state index contributed by atoms with van der Waals surface area (Å²) in [7, 11) is 0. The molecule has 0 amide bonds. The van der Waals surface area contributed by atoms with Gasteiger partial charge in [-0.15, -0.1) is 11.3 Å². The van der Waals surface area contributed by atoms with Gasteiger partial charge in [0.1, 0.15) is 0 Å². The van der Waals surface area contributed by atoms with E-state index in [2.05, 4.69) is 51.6 Å². The van der Waals surface area contributed by atoms with Gasteiger partial charge in [0.2, 0.25) is 5.95 Å². The van der Waals surface area contributed by atoms with E-state index in [0.717, 1.165) is 30.6 Å². The Morgan fingerprint density at radius 3 is 2.77 bits per heavy atom. The summed E-state index contributed by atoms with van der Waals surface area (Å²) in [5.41, 5.74) is 1.58. The molecule has 140 valence electrons. The molecular formula is C18H26N6OS. The molecule has 3 heterocycles. The highest BCUT2D eigenvalue weighted by molar-refractivity contribution is 7.11. The van der Waals surface area contributed by atoms with Crippen LogP contribution in [0.3, 0.4) is 0 Å². The van der Waals surface area contributed by atoms with Gasteiger partial charge in [-0.1, -0.05) is 13.8 Å². The normalized spacial score (nSPS) is 12.5. The number of hydrogen-bond donors (Lipinski definition) is 3. The second-order valence-corrected chi connectivity index (χ2v) is 7.68. The topological polar surface area (TPSA) is 87.9 Å². The molecule has 0 aliphatic carbocycles. The van der Waals surface area contributed by atoms with Crippen molar-refractivity contribution in [2.75, 3.05) is 17.2 Å². The van der Waals surface area contributed by atoms with Crippen LogP contribution in [-0.4, -0.2) is 37.3 Å². The van der Waals surface area contributed by atoms with Crippen molar-refractivity contribution >= 4 is 34.3 Å². The maximum atomic E-state index is 9.47. The van der Waals surface area contributed by atoms with Crippen LogP contribution in [0, 0.1) is 6.92 Å². The Bertz CT molecular complexity index is 855. The second-order valence-electron chi connectivity index (χ2n) is 6.30. The number of aliphatic hydroxyl groups excluding tert-OH is 1. The minimum Gasteiger partial charge on any atom is -0.394 e. The zero-order chi connectivity index (χ0) is 18.5. The van der Waals surface area contributed by atoms with Gasteiger partial charge in [0.05, 0.1) is 25.5 Å². The molecule has 0 bridgehead atoms. The summed E-state index contributed by atoms with van der Waals surface area (Å²) in [5.74, 6) is 1.23. The van der Waals surface area contributed by atoms with Crippen LogP contribution < -0.4 is 10.6 Å². The number of aromatic nitrogens is 4. The Morgan fingerprint density at radius 1 is 1.27 bits per heavy atom. The minimum absolute atomic E-state index is 0.0450. The van der Waals surface area contributed by atoms with Crippen LogP contribution >= 0.6 is 11.3 Å². The van der Waals surface area contributed by atoms with Crippen LogP contribution in [0.4, 0.5) is 11.8 Å². The van der Waals surface area contributed by atoms with E-state index >= 15 is 0 Å². The van der Waals surface area contributed by atoms with Crippen LogP contribution in [-0.2, 0) is 13.1 Å². The minimum atomic E-state index is -0.0669. The molecule has 0 spiro atoms. The SMILES string of the molecule is CCCn1cnc2c(NCc3ccc(C)s3)nc(NC(CC)CO)nc21. The molecule has 0 saturated heterocycles. The number of nitrogens with zero attached hydrogens (tertiary/aromatic N) is 4. The molecule has 0 aliphatic heterocycles. The van der Waals surface area contributed by atoms with E-state index in [0.29, 0.717) is 18.3 Å². The number of anilines is 2. The van der Waals surface area contributed by atoms with E-state index in [1.807, 2.05) is 17.8 Å². The largest absolute Gasteiger partial charge is 0.394 e. The monoisotopic (exact) mass is 374 g/mol. The molecule has 3 aromatic rings.